The average Bonchev–Trinajstić information content (AvgIpc) is 2.45. The van der Waals surface area contributed by atoms with Crippen LogP contribution in [0.4, 0.5) is 0 Å². The Hall–Kier alpha value is -1.12. The largest absolute Gasteiger partial charge is 0.306 e. The molecule has 0 amide bonds. The summed E-state index contributed by atoms with van der Waals surface area (Å²) in [4.78, 5) is 0. The molecule has 1 N–H and O–H groups in total. The van der Waals surface area contributed by atoms with Crippen LogP contribution in [0.15, 0.2) is 40.9 Å². The number of benzene rings is 2. The van der Waals surface area contributed by atoms with Gasteiger partial charge in [-0.3, -0.25) is 0 Å². The van der Waals surface area contributed by atoms with E-state index in [9.17, 15) is 0 Å². The Morgan fingerprint density at radius 3 is 2.43 bits per heavy atom. The zero-order valence-electron chi connectivity index (χ0n) is 13.3. The lowest BCUT2D eigenvalue weighted by Crippen LogP contribution is -2.24. The monoisotopic (exact) mass is 345 g/mol. The lowest BCUT2D eigenvalue weighted by Gasteiger charge is -2.23. The van der Waals surface area contributed by atoms with Crippen LogP contribution in [0.2, 0.25) is 0 Å². The minimum atomic E-state index is 0.236. The Kier molecular flexibility index (Phi) is 5.60. The predicted molar refractivity (Wildman–Crippen MR) is 94.9 cm³/mol. The van der Waals surface area contributed by atoms with Gasteiger partial charge in [0.05, 0.1) is 6.04 Å². The van der Waals surface area contributed by atoms with Crippen LogP contribution in [0.1, 0.15) is 47.2 Å². The molecule has 0 saturated carbocycles. The van der Waals surface area contributed by atoms with Crippen LogP contribution >= 0.6 is 15.9 Å². The number of rotatable bonds is 5. The highest BCUT2D eigenvalue weighted by Crippen LogP contribution is 2.32. The lowest BCUT2D eigenvalue weighted by molar-refractivity contribution is 0.594. The molecule has 112 valence electrons. The highest BCUT2D eigenvalue weighted by Gasteiger charge is 2.18. The Balaban J connectivity index is 2.49. The lowest BCUT2D eigenvalue weighted by atomic mass is 9.93. The minimum absolute atomic E-state index is 0.236. The molecule has 0 heterocycles. The van der Waals surface area contributed by atoms with Gasteiger partial charge in [-0.05, 0) is 56.0 Å². The van der Waals surface area contributed by atoms with E-state index in [0.29, 0.717) is 0 Å². The highest BCUT2D eigenvalue weighted by atomic mass is 79.9. The third kappa shape index (κ3) is 3.75. The Labute approximate surface area is 136 Å². The second-order valence-corrected chi connectivity index (χ2v) is 6.52. The summed E-state index contributed by atoms with van der Waals surface area (Å²) >= 11 is 3.77. The zero-order valence-corrected chi connectivity index (χ0v) is 14.9. The fraction of sp³-hybridized carbons (Fsp3) is 0.368. The van der Waals surface area contributed by atoms with E-state index in [1.807, 2.05) is 0 Å². The van der Waals surface area contributed by atoms with Crippen molar-refractivity contribution in [2.45, 2.75) is 40.2 Å². The molecule has 2 aromatic carbocycles. The van der Waals surface area contributed by atoms with E-state index in [4.69, 9.17) is 0 Å². The van der Waals surface area contributed by atoms with E-state index in [2.05, 4.69) is 85.3 Å². The summed E-state index contributed by atoms with van der Waals surface area (Å²) in [7, 11) is 0. The number of halogens is 1. The van der Waals surface area contributed by atoms with E-state index in [-0.39, 0.29) is 6.04 Å². The van der Waals surface area contributed by atoms with Crippen molar-refractivity contribution in [1.82, 2.24) is 5.32 Å². The van der Waals surface area contributed by atoms with Gasteiger partial charge in [-0.15, -0.1) is 0 Å². The molecule has 2 rings (SSSR count). The van der Waals surface area contributed by atoms with Gasteiger partial charge >= 0.3 is 0 Å². The summed E-state index contributed by atoms with van der Waals surface area (Å²) in [5.41, 5.74) is 6.61. The molecule has 0 bridgehead atoms. The number of aryl methyl sites for hydroxylation is 3. The SMILES string of the molecule is CCCNC(c1ccc(C)cc1C)c1cccc(C)c1Br. The molecule has 1 unspecified atom stereocenters. The van der Waals surface area contributed by atoms with E-state index in [0.717, 1.165) is 13.0 Å². The fourth-order valence-corrected chi connectivity index (χ4v) is 3.21. The number of hydrogen-bond donors (Lipinski definition) is 1. The number of hydrogen-bond acceptors (Lipinski definition) is 1. The third-order valence-corrected chi connectivity index (χ3v) is 4.95. The Morgan fingerprint density at radius 1 is 1.00 bits per heavy atom. The summed E-state index contributed by atoms with van der Waals surface area (Å²) in [5.74, 6) is 0. The molecule has 0 aliphatic rings. The van der Waals surface area contributed by atoms with Gasteiger partial charge in [0.25, 0.3) is 0 Å². The zero-order chi connectivity index (χ0) is 15.4. The van der Waals surface area contributed by atoms with Crippen molar-refractivity contribution in [2.24, 2.45) is 0 Å². The molecule has 0 aliphatic carbocycles. The molecule has 0 aromatic heterocycles. The van der Waals surface area contributed by atoms with Crippen molar-refractivity contribution >= 4 is 15.9 Å². The van der Waals surface area contributed by atoms with Gasteiger partial charge in [0, 0.05) is 4.47 Å². The van der Waals surface area contributed by atoms with Gasteiger partial charge < -0.3 is 5.32 Å². The van der Waals surface area contributed by atoms with Gasteiger partial charge in [-0.1, -0.05) is 64.8 Å². The van der Waals surface area contributed by atoms with Crippen molar-refractivity contribution in [2.75, 3.05) is 6.54 Å². The maximum Gasteiger partial charge on any atom is 0.0590 e. The van der Waals surface area contributed by atoms with E-state index >= 15 is 0 Å². The molecular weight excluding hydrogens is 322 g/mol. The molecule has 1 nitrogen and oxygen atoms in total. The summed E-state index contributed by atoms with van der Waals surface area (Å²) in [5, 5.41) is 3.70. The predicted octanol–water partition coefficient (Wildman–Crippen LogP) is 5.46. The summed E-state index contributed by atoms with van der Waals surface area (Å²) in [6.45, 7) is 9.71. The standard InChI is InChI=1S/C19H24BrN/c1-5-11-21-19(16-10-9-13(2)12-15(16)4)17-8-6-7-14(3)18(17)20/h6-10,12,19,21H,5,11H2,1-4H3. The highest BCUT2D eigenvalue weighted by molar-refractivity contribution is 9.10. The van der Waals surface area contributed by atoms with Crippen LogP contribution < -0.4 is 5.32 Å². The van der Waals surface area contributed by atoms with Gasteiger partial charge in [-0.25, -0.2) is 0 Å². The first-order valence-electron chi connectivity index (χ1n) is 7.60. The van der Waals surface area contributed by atoms with Gasteiger partial charge in [0.15, 0.2) is 0 Å². The van der Waals surface area contributed by atoms with Crippen LogP contribution in [-0.2, 0) is 0 Å². The Morgan fingerprint density at radius 2 is 1.76 bits per heavy atom. The fourth-order valence-electron chi connectivity index (χ4n) is 2.72. The van der Waals surface area contributed by atoms with Crippen LogP contribution in [0.25, 0.3) is 0 Å². The normalized spacial score (nSPS) is 12.4. The topological polar surface area (TPSA) is 12.0 Å². The summed E-state index contributed by atoms with van der Waals surface area (Å²) < 4.78 is 1.21. The van der Waals surface area contributed by atoms with E-state index in [1.54, 1.807) is 0 Å². The van der Waals surface area contributed by atoms with Crippen molar-refractivity contribution in [3.63, 3.8) is 0 Å². The molecule has 0 fully saturated rings. The van der Waals surface area contributed by atoms with Crippen molar-refractivity contribution in [3.05, 3.63) is 68.7 Å². The van der Waals surface area contributed by atoms with Gasteiger partial charge in [0.2, 0.25) is 0 Å². The molecule has 2 heteroatoms. The quantitative estimate of drug-likeness (QED) is 0.758. The number of nitrogens with one attached hydrogen (secondary N) is 1. The van der Waals surface area contributed by atoms with Crippen molar-refractivity contribution in [1.29, 1.82) is 0 Å². The third-order valence-electron chi connectivity index (χ3n) is 3.87. The molecule has 2 aromatic rings. The van der Waals surface area contributed by atoms with E-state index in [1.165, 1.54) is 32.3 Å². The van der Waals surface area contributed by atoms with Crippen LogP contribution in [-0.4, -0.2) is 6.54 Å². The van der Waals surface area contributed by atoms with E-state index < -0.39 is 0 Å². The van der Waals surface area contributed by atoms with Crippen LogP contribution in [0.5, 0.6) is 0 Å². The molecule has 21 heavy (non-hydrogen) atoms. The molecule has 0 saturated heterocycles. The average molecular weight is 346 g/mol. The molecular formula is C19H24BrN. The van der Waals surface area contributed by atoms with Crippen LogP contribution in [0, 0.1) is 20.8 Å². The molecule has 0 aliphatic heterocycles. The van der Waals surface area contributed by atoms with Gasteiger partial charge in [0.1, 0.15) is 0 Å². The molecule has 0 radical (unpaired) electrons. The smallest absolute Gasteiger partial charge is 0.0590 e. The summed E-state index contributed by atoms with van der Waals surface area (Å²) in [6, 6.07) is 13.5. The second kappa shape index (κ2) is 7.24. The van der Waals surface area contributed by atoms with Crippen molar-refractivity contribution in [3.8, 4) is 0 Å². The minimum Gasteiger partial charge on any atom is -0.306 e. The maximum absolute atomic E-state index is 3.77. The van der Waals surface area contributed by atoms with Crippen LogP contribution in [0.3, 0.4) is 0 Å². The Bertz CT molecular complexity index is 619. The second-order valence-electron chi connectivity index (χ2n) is 5.73. The summed E-state index contributed by atoms with van der Waals surface area (Å²) in [6.07, 6.45) is 1.13. The molecule has 0 spiro atoms. The first-order chi connectivity index (χ1) is 10.0. The first kappa shape index (κ1) is 16.3. The van der Waals surface area contributed by atoms with Crippen molar-refractivity contribution < 1.29 is 0 Å². The first-order valence-corrected chi connectivity index (χ1v) is 8.39. The van der Waals surface area contributed by atoms with Gasteiger partial charge in [-0.2, -0.15) is 0 Å². The maximum atomic E-state index is 3.77. The molecule has 1 atom stereocenters.